The van der Waals surface area contributed by atoms with Crippen molar-refractivity contribution in [3.8, 4) is 12.3 Å². The van der Waals surface area contributed by atoms with Crippen molar-refractivity contribution in [3.05, 3.63) is 0 Å². The van der Waals surface area contributed by atoms with Crippen LogP contribution >= 0.6 is 0 Å². The summed E-state index contributed by atoms with van der Waals surface area (Å²) in [5.74, 6) is 2.73. The van der Waals surface area contributed by atoms with Crippen molar-refractivity contribution in [2.75, 3.05) is 20.3 Å². The Morgan fingerprint density at radius 2 is 2.62 bits per heavy atom. The summed E-state index contributed by atoms with van der Waals surface area (Å²) in [4.78, 5) is 10.9. The first-order chi connectivity index (χ1) is 6.27. The second kappa shape index (κ2) is 4.73. The maximum atomic E-state index is 10.9. The Morgan fingerprint density at radius 1 is 1.85 bits per heavy atom. The smallest absolute Gasteiger partial charge is 0.407 e. The maximum Gasteiger partial charge on any atom is 0.407 e. The third kappa shape index (κ3) is 2.63. The standard InChI is InChI=1S/C9H13NO3/c1-3-8(10-9(11)12-2)7-4-5-13-6-7/h1,7-8H,4-6H2,2H3,(H,10,11). The average Bonchev–Trinajstić information content (AvgIpc) is 2.66. The van der Waals surface area contributed by atoms with Crippen LogP contribution in [0.5, 0.6) is 0 Å². The lowest BCUT2D eigenvalue weighted by molar-refractivity contribution is 0.159. The summed E-state index contributed by atoms with van der Waals surface area (Å²) >= 11 is 0. The number of rotatable bonds is 2. The van der Waals surface area contributed by atoms with E-state index in [0.717, 1.165) is 6.42 Å². The summed E-state index contributed by atoms with van der Waals surface area (Å²) in [5.41, 5.74) is 0. The molecular weight excluding hydrogens is 170 g/mol. The molecule has 0 saturated carbocycles. The number of nitrogens with one attached hydrogen (secondary N) is 1. The van der Waals surface area contributed by atoms with Gasteiger partial charge >= 0.3 is 6.09 Å². The third-order valence-corrected chi connectivity index (χ3v) is 2.07. The lowest BCUT2D eigenvalue weighted by Crippen LogP contribution is -2.39. The van der Waals surface area contributed by atoms with Gasteiger partial charge in [0.1, 0.15) is 0 Å². The van der Waals surface area contributed by atoms with E-state index >= 15 is 0 Å². The van der Waals surface area contributed by atoms with Crippen LogP contribution in [0.1, 0.15) is 6.42 Å². The van der Waals surface area contributed by atoms with E-state index in [1.54, 1.807) is 0 Å². The van der Waals surface area contributed by atoms with Crippen LogP contribution in [0.4, 0.5) is 4.79 Å². The van der Waals surface area contributed by atoms with Gasteiger partial charge in [-0.15, -0.1) is 6.42 Å². The third-order valence-electron chi connectivity index (χ3n) is 2.07. The molecule has 1 N–H and O–H groups in total. The SMILES string of the molecule is C#CC(NC(=O)OC)C1CCOC1. The number of carbonyl (C=O) groups is 1. The van der Waals surface area contributed by atoms with Crippen molar-refractivity contribution in [2.45, 2.75) is 12.5 Å². The molecule has 1 rings (SSSR count). The summed E-state index contributed by atoms with van der Waals surface area (Å²) in [5, 5.41) is 2.58. The minimum atomic E-state index is -0.491. The molecule has 2 unspecified atom stereocenters. The molecule has 13 heavy (non-hydrogen) atoms. The normalized spacial score (nSPS) is 23.2. The number of ether oxygens (including phenoxy) is 2. The highest BCUT2D eigenvalue weighted by Crippen LogP contribution is 2.16. The fraction of sp³-hybridized carbons (Fsp3) is 0.667. The maximum absolute atomic E-state index is 10.9. The number of hydrogen-bond donors (Lipinski definition) is 1. The van der Waals surface area contributed by atoms with E-state index in [9.17, 15) is 4.79 Å². The van der Waals surface area contributed by atoms with E-state index in [1.807, 2.05) is 0 Å². The molecule has 4 nitrogen and oxygen atoms in total. The Kier molecular flexibility index (Phi) is 3.59. The van der Waals surface area contributed by atoms with E-state index in [2.05, 4.69) is 16.0 Å². The molecule has 0 aromatic carbocycles. The van der Waals surface area contributed by atoms with Crippen LogP contribution in [-0.2, 0) is 9.47 Å². The Balaban J connectivity index is 2.43. The summed E-state index contributed by atoms with van der Waals surface area (Å²) in [6, 6.07) is -0.282. The largest absolute Gasteiger partial charge is 0.453 e. The van der Waals surface area contributed by atoms with Crippen molar-refractivity contribution >= 4 is 6.09 Å². The zero-order chi connectivity index (χ0) is 9.68. The van der Waals surface area contributed by atoms with E-state index in [4.69, 9.17) is 11.2 Å². The molecule has 2 atom stereocenters. The van der Waals surface area contributed by atoms with Gasteiger partial charge in [-0.1, -0.05) is 5.92 Å². The molecule has 0 radical (unpaired) electrons. The van der Waals surface area contributed by atoms with Gasteiger partial charge in [0.05, 0.1) is 19.8 Å². The second-order valence-corrected chi connectivity index (χ2v) is 2.90. The predicted molar refractivity (Wildman–Crippen MR) is 47.1 cm³/mol. The van der Waals surface area contributed by atoms with Gasteiger partial charge in [-0.25, -0.2) is 4.79 Å². The molecule has 0 bridgehead atoms. The summed E-state index contributed by atoms with van der Waals surface area (Å²) in [6.07, 6.45) is 5.68. The summed E-state index contributed by atoms with van der Waals surface area (Å²) < 4.78 is 9.62. The summed E-state index contributed by atoms with van der Waals surface area (Å²) in [6.45, 7) is 1.32. The zero-order valence-corrected chi connectivity index (χ0v) is 7.58. The number of hydrogen-bond acceptors (Lipinski definition) is 3. The topological polar surface area (TPSA) is 47.6 Å². The predicted octanol–water partition coefficient (Wildman–Crippen LogP) is 0.381. The Bertz CT molecular complexity index is 215. The molecule has 1 fully saturated rings. The van der Waals surface area contributed by atoms with Crippen LogP contribution in [-0.4, -0.2) is 32.5 Å². The molecule has 1 aliphatic heterocycles. The molecule has 72 valence electrons. The van der Waals surface area contributed by atoms with Crippen LogP contribution in [0.3, 0.4) is 0 Å². The van der Waals surface area contributed by atoms with E-state index < -0.39 is 6.09 Å². The number of methoxy groups -OCH3 is 1. The lowest BCUT2D eigenvalue weighted by Gasteiger charge is -2.16. The highest BCUT2D eigenvalue weighted by molar-refractivity contribution is 5.67. The molecule has 1 amide bonds. The Hall–Kier alpha value is -1.21. The molecular formula is C9H13NO3. The van der Waals surface area contributed by atoms with Gasteiger partial charge < -0.3 is 14.8 Å². The molecule has 1 saturated heterocycles. The minimum Gasteiger partial charge on any atom is -0.453 e. The van der Waals surface area contributed by atoms with Crippen molar-refractivity contribution < 1.29 is 14.3 Å². The quantitative estimate of drug-likeness (QED) is 0.629. The van der Waals surface area contributed by atoms with Crippen LogP contribution in [0.25, 0.3) is 0 Å². The van der Waals surface area contributed by atoms with Crippen molar-refractivity contribution in [1.82, 2.24) is 5.32 Å². The summed E-state index contributed by atoms with van der Waals surface area (Å²) in [7, 11) is 1.31. The number of carbonyl (C=O) groups excluding carboxylic acids is 1. The van der Waals surface area contributed by atoms with Crippen LogP contribution in [0, 0.1) is 18.3 Å². The first-order valence-corrected chi connectivity index (χ1v) is 4.16. The number of amides is 1. The molecule has 0 aliphatic carbocycles. The number of terminal acetylenes is 1. The molecule has 4 heteroatoms. The lowest BCUT2D eigenvalue weighted by atomic mass is 10.0. The monoisotopic (exact) mass is 183 g/mol. The molecule has 1 aliphatic rings. The Morgan fingerprint density at radius 3 is 3.08 bits per heavy atom. The highest BCUT2D eigenvalue weighted by atomic mass is 16.5. The number of alkyl carbamates (subject to hydrolysis) is 1. The van der Waals surface area contributed by atoms with Gasteiger partial charge in [0.2, 0.25) is 0 Å². The van der Waals surface area contributed by atoms with Crippen LogP contribution < -0.4 is 5.32 Å². The van der Waals surface area contributed by atoms with Gasteiger partial charge in [0.15, 0.2) is 0 Å². The van der Waals surface area contributed by atoms with Gasteiger partial charge in [-0.3, -0.25) is 0 Å². The van der Waals surface area contributed by atoms with Crippen molar-refractivity contribution in [2.24, 2.45) is 5.92 Å². The first kappa shape index (κ1) is 9.87. The van der Waals surface area contributed by atoms with Crippen LogP contribution in [0.15, 0.2) is 0 Å². The molecule has 0 aromatic heterocycles. The highest BCUT2D eigenvalue weighted by Gasteiger charge is 2.25. The second-order valence-electron chi connectivity index (χ2n) is 2.90. The molecule has 1 heterocycles. The Labute approximate surface area is 77.6 Å². The van der Waals surface area contributed by atoms with Crippen LogP contribution in [0.2, 0.25) is 0 Å². The van der Waals surface area contributed by atoms with E-state index in [-0.39, 0.29) is 12.0 Å². The van der Waals surface area contributed by atoms with Gasteiger partial charge in [-0.2, -0.15) is 0 Å². The fourth-order valence-corrected chi connectivity index (χ4v) is 1.30. The zero-order valence-electron chi connectivity index (χ0n) is 7.58. The van der Waals surface area contributed by atoms with Gasteiger partial charge in [0.25, 0.3) is 0 Å². The van der Waals surface area contributed by atoms with E-state index in [1.165, 1.54) is 7.11 Å². The van der Waals surface area contributed by atoms with Crippen molar-refractivity contribution in [1.29, 1.82) is 0 Å². The average molecular weight is 183 g/mol. The first-order valence-electron chi connectivity index (χ1n) is 4.16. The molecule has 0 aromatic rings. The van der Waals surface area contributed by atoms with Crippen molar-refractivity contribution in [3.63, 3.8) is 0 Å². The van der Waals surface area contributed by atoms with Gasteiger partial charge in [0, 0.05) is 12.5 Å². The molecule has 0 spiro atoms. The van der Waals surface area contributed by atoms with E-state index in [0.29, 0.717) is 13.2 Å². The fourth-order valence-electron chi connectivity index (χ4n) is 1.30. The van der Waals surface area contributed by atoms with Gasteiger partial charge in [-0.05, 0) is 6.42 Å². The minimum absolute atomic E-state index is 0.212.